The molecule has 2 rings (SSSR count). The average molecular weight is 349 g/mol. The summed E-state index contributed by atoms with van der Waals surface area (Å²) in [5, 5.41) is 0. The van der Waals surface area contributed by atoms with Gasteiger partial charge in [0.1, 0.15) is 5.82 Å². The zero-order valence-corrected chi connectivity index (χ0v) is 12.2. The van der Waals surface area contributed by atoms with Crippen molar-refractivity contribution in [2.45, 2.75) is 18.1 Å². The zero-order chi connectivity index (χ0) is 13.8. The lowest BCUT2D eigenvalue weighted by Crippen LogP contribution is -2.08. The largest absolute Gasteiger partial charge is 0.319 e. The van der Waals surface area contributed by atoms with Crippen LogP contribution in [-0.4, -0.2) is 13.8 Å². The Morgan fingerprint density at radius 2 is 2.16 bits per heavy atom. The number of aromatic nitrogens is 2. The molecule has 0 aliphatic heterocycles. The van der Waals surface area contributed by atoms with Gasteiger partial charge < -0.3 is 0 Å². The van der Waals surface area contributed by atoms with E-state index in [0.29, 0.717) is 5.75 Å². The van der Waals surface area contributed by atoms with Crippen molar-refractivity contribution in [2.75, 3.05) is 0 Å². The fourth-order valence-electron chi connectivity index (χ4n) is 1.64. The molecular formula is C12H11BrF2N2OS. The molecule has 1 heterocycles. The predicted octanol–water partition coefficient (Wildman–Crippen LogP) is 3.49. The van der Waals surface area contributed by atoms with Gasteiger partial charge in [0.25, 0.3) is 0 Å². The summed E-state index contributed by atoms with van der Waals surface area (Å²) < 4.78 is 38.8. The van der Waals surface area contributed by atoms with Crippen molar-refractivity contribution in [3.63, 3.8) is 0 Å². The Balaban J connectivity index is 2.03. The lowest BCUT2D eigenvalue weighted by molar-refractivity contribution is 0.0677. The van der Waals surface area contributed by atoms with E-state index < -0.39 is 17.3 Å². The summed E-state index contributed by atoms with van der Waals surface area (Å²) in [6, 6.07) is 7.42. The van der Waals surface area contributed by atoms with Crippen molar-refractivity contribution in [3.8, 4) is 0 Å². The highest BCUT2D eigenvalue weighted by atomic mass is 79.9. The fourth-order valence-corrected chi connectivity index (χ4v) is 3.25. The van der Waals surface area contributed by atoms with Gasteiger partial charge in [-0.25, -0.2) is 4.98 Å². The van der Waals surface area contributed by atoms with Gasteiger partial charge in [0.2, 0.25) is 0 Å². The molecule has 3 nitrogen and oxygen atoms in total. The highest BCUT2D eigenvalue weighted by Gasteiger charge is 2.14. The third kappa shape index (κ3) is 3.94. The summed E-state index contributed by atoms with van der Waals surface area (Å²) in [7, 11) is -1.27. The molecule has 19 heavy (non-hydrogen) atoms. The topological polar surface area (TPSA) is 34.9 Å². The summed E-state index contributed by atoms with van der Waals surface area (Å²) in [5.74, 6) is 0.475. The van der Waals surface area contributed by atoms with Crippen molar-refractivity contribution in [1.82, 2.24) is 9.55 Å². The number of imidazole rings is 1. The van der Waals surface area contributed by atoms with E-state index >= 15 is 0 Å². The summed E-state index contributed by atoms with van der Waals surface area (Å²) in [6.45, 7) is -2.65. The molecule has 0 spiro atoms. The van der Waals surface area contributed by atoms with Crippen LogP contribution in [0.2, 0.25) is 0 Å². The van der Waals surface area contributed by atoms with E-state index in [1.807, 2.05) is 24.3 Å². The Kier molecular flexibility index (Phi) is 4.81. The lowest BCUT2D eigenvalue weighted by atomic mass is 10.2. The Hall–Kier alpha value is -1.08. The third-order valence-corrected chi connectivity index (χ3v) is 4.19. The molecule has 0 N–H and O–H groups in total. The number of nitrogens with zero attached hydrogens (tertiary/aromatic N) is 2. The molecule has 0 unspecified atom stereocenters. The maximum Gasteiger partial charge on any atom is 0.319 e. The van der Waals surface area contributed by atoms with Crippen molar-refractivity contribution >= 4 is 26.7 Å². The number of alkyl halides is 2. The summed E-state index contributed by atoms with van der Waals surface area (Å²) >= 11 is 3.33. The van der Waals surface area contributed by atoms with Crippen LogP contribution in [-0.2, 0) is 22.3 Å². The molecule has 0 bridgehead atoms. The van der Waals surface area contributed by atoms with E-state index in [1.165, 1.54) is 12.4 Å². The van der Waals surface area contributed by atoms with Crippen LogP contribution < -0.4 is 0 Å². The van der Waals surface area contributed by atoms with Crippen LogP contribution in [0, 0.1) is 0 Å². The van der Waals surface area contributed by atoms with Crippen LogP contribution in [0.4, 0.5) is 8.78 Å². The second-order valence-corrected chi connectivity index (χ2v) is 6.26. The Morgan fingerprint density at radius 3 is 2.84 bits per heavy atom. The van der Waals surface area contributed by atoms with Gasteiger partial charge in [-0.15, -0.1) is 0 Å². The molecule has 1 atom stereocenters. The SMILES string of the molecule is O=[S@](Cc1cccc(Br)c1)Cc1nccn1C(F)F. The molecule has 1 aromatic carbocycles. The highest BCUT2D eigenvalue weighted by Crippen LogP contribution is 2.16. The van der Waals surface area contributed by atoms with Gasteiger partial charge in [-0.1, -0.05) is 28.1 Å². The van der Waals surface area contributed by atoms with Crippen LogP contribution >= 0.6 is 15.9 Å². The van der Waals surface area contributed by atoms with Crippen molar-refractivity contribution in [3.05, 3.63) is 52.5 Å². The van der Waals surface area contributed by atoms with Crippen molar-refractivity contribution in [1.29, 1.82) is 0 Å². The number of rotatable bonds is 5. The first-order valence-corrected chi connectivity index (χ1v) is 7.73. The Labute approximate surface area is 120 Å². The number of halogens is 3. The fraction of sp³-hybridized carbons (Fsp3) is 0.250. The van der Waals surface area contributed by atoms with Gasteiger partial charge in [-0.3, -0.25) is 8.78 Å². The second-order valence-electron chi connectivity index (χ2n) is 3.89. The molecule has 1 aromatic heterocycles. The smallest absolute Gasteiger partial charge is 0.277 e. The quantitative estimate of drug-likeness (QED) is 0.828. The number of hydrogen-bond acceptors (Lipinski definition) is 2. The first kappa shape index (κ1) is 14.3. The maximum atomic E-state index is 12.6. The first-order chi connectivity index (χ1) is 9.06. The van der Waals surface area contributed by atoms with Gasteiger partial charge in [-0.2, -0.15) is 8.78 Å². The molecule has 0 aliphatic carbocycles. The lowest BCUT2D eigenvalue weighted by Gasteiger charge is -2.06. The van der Waals surface area contributed by atoms with Crippen LogP contribution in [0.5, 0.6) is 0 Å². The summed E-state index contributed by atoms with van der Waals surface area (Å²) in [4.78, 5) is 3.82. The molecule has 102 valence electrons. The first-order valence-electron chi connectivity index (χ1n) is 5.45. The Morgan fingerprint density at radius 1 is 1.37 bits per heavy atom. The zero-order valence-electron chi connectivity index (χ0n) is 9.80. The van der Waals surface area contributed by atoms with E-state index in [2.05, 4.69) is 20.9 Å². The van der Waals surface area contributed by atoms with Gasteiger partial charge in [-0.05, 0) is 17.7 Å². The minimum atomic E-state index is -2.65. The van der Waals surface area contributed by atoms with Gasteiger partial charge in [0, 0.05) is 33.4 Å². The minimum Gasteiger partial charge on any atom is -0.277 e. The molecule has 0 fully saturated rings. The van der Waals surface area contributed by atoms with E-state index in [1.54, 1.807) is 0 Å². The summed E-state index contributed by atoms with van der Waals surface area (Å²) in [6.07, 6.45) is 2.48. The Bertz CT molecular complexity index is 589. The molecule has 7 heteroatoms. The predicted molar refractivity (Wildman–Crippen MR) is 73.2 cm³/mol. The highest BCUT2D eigenvalue weighted by molar-refractivity contribution is 9.10. The van der Waals surface area contributed by atoms with Crippen LogP contribution in [0.25, 0.3) is 0 Å². The van der Waals surface area contributed by atoms with Crippen LogP contribution in [0.1, 0.15) is 17.9 Å². The maximum absolute atomic E-state index is 12.6. The second kappa shape index (κ2) is 6.38. The molecule has 0 aliphatic rings. The van der Waals surface area contributed by atoms with E-state index in [-0.39, 0.29) is 11.6 Å². The van der Waals surface area contributed by atoms with Gasteiger partial charge in [0.15, 0.2) is 0 Å². The van der Waals surface area contributed by atoms with Crippen LogP contribution in [0.3, 0.4) is 0 Å². The summed E-state index contributed by atoms with van der Waals surface area (Å²) in [5.41, 5.74) is 0.892. The normalized spacial score (nSPS) is 12.8. The molecule has 2 aromatic rings. The van der Waals surface area contributed by atoms with Gasteiger partial charge in [0.05, 0.1) is 5.75 Å². The molecule has 0 saturated heterocycles. The van der Waals surface area contributed by atoms with Crippen molar-refractivity contribution in [2.24, 2.45) is 0 Å². The van der Waals surface area contributed by atoms with Crippen LogP contribution in [0.15, 0.2) is 41.1 Å². The molecule has 0 saturated carbocycles. The molecular weight excluding hydrogens is 338 g/mol. The van der Waals surface area contributed by atoms with E-state index in [9.17, 15) is 13.0 Å². The molecule has 0 amide bonds. The number of hydrogen-bond donors (Lipinski definition) is 0. The van der Waals surface area contributed by atoms with Crippen molar-refractivity contribution < 1.29 is 13.0 Å². The van der Waals surface area contributed by atoms with E-state index in [0.717, 1.165) is 14.6 Å². The van der Waals surface area contributed by atoms with E-state index in [4.69, 9.17) is 0 Å². The number of benzene rings is 1. The standard InChI is InChI=1S/C12H11BrF2N2OS/c13-10-3-1-2-9(6-10)7-19(18)8-11-16-4-5-17(11)12(14)15/h1-6,12H,7-8H2/t19-/m1/s1. The molecule has 0 radical (unpaired) electrons. The average Bonchev–Trinajstić information content (AvgIpc) is 2.76. The third-order valence-electron chi connectivity index (χ3n) is 2.47. The minimum absolute atomic E-state index is 0.0177. The monoisotopic (exact) mass is 348 g/mol. The van der Waals surface area contributed by atoms with Gasteiger partial charge >= 0.3 is 6.55 Å².